The number of carboxylic acid groups (broad SMARTS) is 1. The van der Waals surface area contributed by atoms with Crippen molar-refractivity contribution in [3.8, 4) is 0 Å². The second kappa shape index (κ2) is 9.14. The van der Waals surface area contributed by atoms with E-state index < -0.39 is 40.0 Å². The molecule has 3 N–H and O–H groups in total. The maximum Gasteiger partial charge on any atom is 0.352 e. The van der Waals surface area contributed by atoms with Crippen molar-refractivity contribution in [1.29, 1.82) is 0 Å². The molecule has 2 aromatic rings. The summed E-state index contributed by atoms with van der Waals surface area (Å²) in [5.41, 5.74) is 0.549. The van der Waals surface area contributed by atoms with Crippen LogP contribution < -0.4 is 5.32 Å². The fraction of sp³-hybridized carbons (Fsp3) is 0.353. The molecule has 2 amide bonds. The Morgan fingerprint density at radius 1 is 1.52 bits per heavy atom. The van der Waals surface area contributed by atoms with Gasteiger partial charge in [-0.2, -0.15) is 5.10 Å². The number of H-pyrrole nitrogens is 1. The highest BCUT2D eigenvalue weighted by Gasteiger charge is 2.54. The third kappa shape index (κ3) is 4.42. The summed E-state index contributed by atoms with van der Waals surface area (Å²) in [4.78, 5) is 42.3. The molecule has 1 saturated heterocycles. The first-order valence-electron chi connectivity index (χ1n) is 9.01. The summed E-state index contributed by atoms with van der Waals surface area (Å²) < 4.78 is 12.8. The Kier molecular flexibility index (Phi) is 6.50. The molecule has 164 valence electrons. The van der Waals surface area contributed by atoms with Crippen molar-refractivity contribution in [2.24, 2.45) is 0 Å². The highest BCUT2D eigenvalue weighted by atomic mass is 32.2. The molecule has 0 saturated carbocycles. The van der Waals surface area contributed by atoms with Gasteiger partial charge in [0.15, 0.2) is 5.16 Å². The number of nitrogens with zero attached hydrogens (tertiary/aromatic N) is 3. The zero-order valence-electron chi connectivity index (χ0n) is 16.0. The van der Waals surface area contributed by atoms with Crippen LogP contribution in [-0.2, 0) is 25.2 Å². The second-order valence-corrected chi connectivity index (χ2v) is 11.7. The number of hydrogen-bond donors (Lipinski definition) is 3. The molecule has 2 aliphatic rings. The molecule has 14 heteroatoms. The molecule has 4 heterocycles. The van der Waals surface area contributed by atoms with Gasteiger partial charge in [-0.15, -0.1) is 23.1 Å². The van der Waals surface area contributed by atoms with Crippen LogP contribution in [0.2, 0.25) is 0 Å². The Labute approximate surface area is 191 Å². The van der Waals surface area contributed by atoms with Crippen molar-refractivity contribution in [3.05, 3.63) is 35.1 Å². The third-order valence-corrected chi connectivity index (χ3v) is 9.65. The van der Waals surface area contributed by atoms with Crippen molar-refractivity contribution in [2.45, 2.75) is 33.0 Å². The van der Waals surface area contributed by atoms with E-state index in [2.05, 4.69) is 20.5 Å². The van der Waals surface area contributed by atoms with Gasteiger partial charge in [0.1, 0.15) is 29.2 Å². The van der Waals surface area contributed by atoms with E-state index in [1.54, 1.807) is 17.5 Å². The summed E-state index contributed by atoms with van der Waals surface area (Å²) in [5, 5.41) is 20.5. The molecule has 1 fully saturated rings. The van der Waals surface area contributed by atoms with Crippen LogP contribution in [-0.4, -0.2) is 75.4 Å². The number of nitrogens with one attached hydrogen (secondary N) is 2. The predicted octanol–water partition coefficient (Wildman–Crippen LogP) is 0.893. The lowest BCUT2D eigenvalue weighted by Crippen LogP contribution is -2.71. The normalized spacial score (nSPS) is 22.5. The van der Waals surface area contributed by atoms with Crippen LogP contribution in [0.4, 0.5) is 0 Å². The van der Waals surface area contributed by atoms with Gasteiger partial charge in [0.25, 0.3) is 5.91 Å². The van der Waals surface area contributed by atoms with Gasteiger partial charge in [-0.05, 0) is 23.9 Å². The Morgan fingerprint density at radius 3 is 2.97 bits per heavy atom. The molecular formula is C17H17N5O5S4. The molecule has 31 heavy (non-hydrogen) atoms. The molecule has 3 unspecified atom stereocenters. The van der Waals surface area contributed by atoms with Gasteiger partial charge >= 0.3 is 5.97 Å². The minimum Gasteiger partial charge on any atom is -0.477 e. The van der Waals surface area contributed by atoms with Crippen LogP contribution in [0.15, 0.2) is 44.5 Å². The topological polar surface area (TPSA) is 145 Å². The van der Waals surface area contributed by atoms with E-state index >= 15 is 0 Å². The molecule has 2 aliphatic heterocycles. The van der Waals surface area contributed by atoms with Gasteiger partial charge in [0.05, 0.1) is 15.0 Å². The van der Waals surface area contributed by atoms with Crippen LogP contribution in [0, 0.1) is 0 Å². The van der Waals surface area contributed by atoms with Gasteiger partial charge in [-0.25, -0.2) is 9.78 Å². The highest BCUT2D eigenvalue weighted by molar-refractivity contribution is 8.01. The molecule has 0 radical (unpaired) electrons. The third-order valence-electron chi connectivity index (χ3n) is 4.67. The van der Waals surface area contributed by atoms with Gasteiger partial charge in [-0.3, -0.25) is 23.8 Å². The fourth-order valence-corrected chi connectivity index (χ4v) is 7.62. The number of aromatic amines is 1. The summed E-state index contributed by atoms with van der Waals surface area (Å²) >= 11 is 4.00. The van der Waals surface area contributed by atoms with E-state index in [0.717, 1.165) is 0 Å². The van der Waals surface area contributed by atoms with E-state index in [1.807, 2.05) is 6.92 Å². The molecular weight excluding hydrogens is 482 g/mol. The van der Waals surface area contributed by atoms with E-state index in [1.165, 1.54) is 46.1 Å². The first-order chi connectivity index (χ1) is 14.9. The molecule has 10 nitrogen and oxygen atoms in total. The van der Waals surface area contributed by atoms with Crippen molar-refractivity contribution in [3.63, 3.8) is 0 Å². The summed E-state index contributed by atoms with van der Waals surface area (Å²) in [6, 6.07) is 2.59. The Hall–Kier alpha value is -2.16. The highest BCUT2D eigenvalue weighted by Crippen LogP contribution is 2.43. The van der Waals surface area contributed by atoms with E-state index in [4.69, 9.17) is 0 Å². The zero-order chi connectivity index (χ0) is 22.1. The van der Waals surface area contributed by atoms with E-state index in [-0.39, 0.29) is 16.7 Å². The van der Waals surface area contributed by atoms with Gasteiger partial charge in [-0.1, -0.05) is 17.8 Å². The Bertz CT molecular complexity index is 1060. The second-order valence-electron chi connectivity index (χ2n) is 6.61. The summed E-state index contributed by atoms with van der Waals surface area (Å²) in [5.74, 6) is -2.04. The number of carboxylic acids is 1. The first-order valence-corrected chi connectivity index (χ1v) is 13.1. The Balaban J connectivity index is 1.45. The number of carbonyl (C=O) groups is 3. The molecule has 0 aromatic carbocycles. The number of aliphatic carboxylic acids is 1. The molecule has 2 aromatic heterocycles. The number of hydrogen-bond acceptors (Lipinski definition) is 9. The minimum absolute atomic E-state index is 0.0547. The lowest BCUT2D eigenvalue weighted by Gasteiger charge is -2.50. The SMILES string of the molecule is CC(Sc1ncn[nH]1)C1=C(C(=O)O)N2C(=O)C(NC(=O)CS(=O)c3cccs3)[C@@H]2SC1. The number of aromatic nitrogens is 3. The van der Waals surface area contributed by atoms with Gasteiger partial charge in [0, 0.05) is 11.0 Å². The molecule has 0 bridgehead atoms. The number of fused-ring (bicyclic) bond motifs is 1. The average Bonchev–Trinajstić information content (AvgIpc) is 3.44. The molecule has 0 spiro atoms. The summed E-state index contributed by atoms with van der Waals surface area (Å²) in [6.45, 7) is 1.84. The summed E-state index contributed by atoms with van der Waals surface area (Å²) in [7, 11) is -1.49. The van der Waals surface area contributed by atoms with Crippen molar-refractivity contribution in [1.82, 2.24) is 25.4 Å². The quantitative estimate of drug-likeness (QED) is 0.356. The largest absolute Gasteiger partial charge is 0.477 e. The predicted molar refractivity (Wildman–Crippen MR) is 117 cm³/mol. The van der Waals surface area contributed by atoms with Gasteiger partial charge < -0.3 is 10.4 Å². The van der Waals surface area contributed by atoms with Crippen LogP contribution in [0.5, 0.6) is 0 Å². The maximum absolute atomic E-state index is 12.7. The number of rotatable bonds is 8. The maximum atomic E-state index is 12.7. The smallest absolute Gasteiger partial charge is 0.352 e. The molecule has 4 atom stereocenters. The first kappa shape index (κ1) is 22.0. The summed E-state index contributed by atoms with van der Waals surface area (Å²) in [6.07, 6.45) is 1.37. The number of carbonyl (C=O) groups excluding carboxylic acids is 2. The monoisotopic (exact) mass is 499 g/mol. The Morgan fingerprint density at radius 2 is 2.32 bits per heavy atom. The lowest BCUT2D eigenvalue weighted by atomic mass is 10.0. The number of amides is 2. The van der Waals surface area contributed by atoms with Crippen molar-refractivity contribution >= 4 is 63.4 Å². The van der Waals surface area contributed by atoms with E-state index in [9.17, 15) is 23.7 Å². The lowest BCUT2D eigenvalue weighted by molar-refractivity contribution is -0.150. The van der Waals surface area contributed by atoms with Crippen LogP contribution in [0.1, 0.15) is 6.92 Å². The number of thiophene rings is 1. The van der Waals surface area contributed by atoms with Crippen molar-refractivity contribution < 1.29 is 23.7 Å². The van der Waals surface area contributed by atoms with Crippen LogP contribution in [0.3, 0.4) is 0 Å². The zero-order valence-corrected chi connectivity index (χ0v) is 19.3. The minimum atomic E-state index is -1.49. The van der Waals surface area contributed by atoms with Crippen LogP contribution in [0.25, 0.3) is 0 Å². The van der Waals surface area contributed by atoms with Gasteiger partial charge in [0.2, 0.25) is 5.91 Å². The standard InChI is InChI=1S/C17H17N5O5S4/c1-8(30-17-18-7-19-21-17)9-5-29-15-12(14(24)22(15)13(9)16(25)26)20-10(23)6-31(27)11-3-2-4-28-11/h2-4,7-8,12,15H,5-6H2,1H3,(H,20,23)(H,25,26)(H,18,19,21)/t8?,12?,15-,31?/m0/s1. The molecule has 0 aliphatic carbocycles. The number of β-lactam (4-membered cyclic amide) rings is 1. The number of thioether (sulfide) groups is 2. The fourth-order valence-electron chi connectivity index (χ4n) is 3.24. The average molecular weight is 500 g/mol. The van der Waals surface area contributed by atoms with Crippen LogP contribution >= 0.6 is 34.9 Å². The van der Waals surface area contributed by atoms with Crippen molar-refractivity contribution in [2.75, 3.05) is 11.5 Å². The van der Waals surface area contributed by atoms with E-state index in [0.29, 0.717) is 20.7 Å². The molecule has 4 rings (SSSR count).